The van der Waals surface area contributed by atoms with E-state index in [0.29, 0.717) is 5.92 Å². The van der Waals surface area contributed by atoms with E-state index in [-0.39, 0.29) is 5.54 Å². The SMILES string of the molecule is Cc1cncc(C2CCCC2CNC(C)(C)C)c1. The molecule has 0 spiro atoms. The minimum Gasteiger partial charge on any atom is -0.312 e. The van der Waals surface area contributed by atoms with Gasteiger partial charge in [-0.1, -0.05) is 12.5 Å². The Kier molecular flexibility index (Phi) is 4.06. The number of hydrogen-bond acceptors (Lipinski definition) is 2. The summed E-state index contributed by atoms with van der Waals surface area (Å²) >= 11 is 0. The van der Waals surface area contributed by atoms with E-state index in [1.54, 1.807) is 0 Å². The largest absolute Gasteiger partial charge is 0.312 e. The van der Waals surface area contributed by atoms with Gasteiger partial charge in [0.05, 0.1) is 0 Å². The monoisotopic (exact) mass is 246 g/mol. The lowest BCUT2D eigenvalue weighted by Gasteiger charge is -2.26. The number of hydrogen-bond donors (Lipinski definition) is 1. The Balaban J connectivity index is 2.03. The predicted octanol–water partition coefficient (Wildman–Crippen LogP) is 3.66. The molecule has 1 aromatic heterocycles. The Morgan fingerprint density at radius 3 is 2.72 bits per heavy atom. The van der Waals surface area contributed by atoms with Crippen LogP contribution in [0.25, 0.3) is 0 Å². The van der Waals surface area contributed by atoms with Crippen LogP contribution in [0.3, 0.4) is 0 Å². The van der Waals surface area contributed by atoms with Crippen molar-refractivity contribution in [2.45, 2.75) is 58.4 Å². The number of nitrogens with zero attached hydrogens (tertiary/aromatic N) is 1. The van der Waals surface area contributed by atoms with Crippen molar-refractivity contribution in [1.29, 1.82) is 0 Å². The molecular formula is C16H26N2. The summed E-state index contributed by atoms with van der Waals surface area (Å²) < 4.78 is 0. The van der Waals surface area contributed by atoms with Crippen LogP contribution in [0.15, 0.2) is 18.5 Å². The summed E-state index contributed by atoms with van der Waals surface area (Å²) in [7, 11) is 0. The third kappa shape index (κ3) is 3.55. The second-order valence-electron chi connectivity index (χ2n) is 6.72. The van der Waals surface area contributed by atoms with Crippen molar-refractivity contribution < 1.29 is 0 Å². The van der Waals surface area contributed by atoms with E-state index in [4.69, 9.17) is 0 Å². The first-order chi connectivity index (χ1) is 8.46. The number of rotatable bonds is 3. The average Bonchev–Trinajstić information content (AvgIpc) is 2.73. The molecule has 1 N–H and O–H groups in total. The van der Waals surface area contributed by atoms with Crippen LogP contribution in [0.4, 0.5) is 0 Å². The summed E-state index contributed by atoms with van der Waals surface area (Å²) in [6, 6.07) is 2.31. The zero-order chi connectivity index (χ0) is 13.2. The molecule has 2 unspecified atom stereocenters. The van der Waals surface area contributed by atoms with Gasteiger partial charge >= 0.3 is 0 Å². The molecule has 2 nitrogen and oxygen atoms in total. The maximum atomic E-state index is 4.35. The molecule has 0 radical (unpaired) electrons. The van der Waals surface area contributed by atoms with E-state index in [1.807, 2.05) is 6.20 Å². The molecule has 18 heavy (non-hydrogen) atoms. The van der Waals surface area contributed by atoms with Crippen molar-refractivity contribution in [2.24, 2.45) is 5.92 Å². The Morgan fingerprint density at radius 2 is 2.06 bits per heavy atom. The smallest absolute Gasteiger partial charge is 0.0303 e. The van der Waals surface area contributed by atoms with Gasteiger partial charge in [-0.2, -0.15) is 0 Å². The average molecular weight is 246 g/mol. The van der Waals surface area contributed by atoms with Crippen LogP contribution in [0, 0.1) is 12.8 Å². The molecule has 0 bridgehead atoms. The number of pyridine rings is 1. The Labute approximate surface area is 111 Å². The van der Waals surface area contributed by atoms with Gasteiger partial charge in [-0.3, -0.25) is 4.98 Å². The number of aromatic nitrogens is 1. The highest BCUT2D eigenvalue weighted by atomic mass is 14.9. The minimum absolute atomic E-state index is 0.220. The highest BCUT2D eigenvalue weighted by molar-refractivity contribution is 5.22. The fourth-order valence-corrected chi connectivity index (χ4v) is 2.94. The number of nitrogens with one attached hydrogen (secondary N) is 1. The van der Waals surface area contributed by atoms with Crippen LogP contribution in [-0.2, 0) is 0 Å². The number of aryl methyl sites for hydroxylation is 1. The minimum atomic E-state index is 0.220. The van der Waals surface area contributed by atoms with Gasteiger partial charge in [-0.25, -0.2) is 0 Å². The molecule has 2 rings (SSSR count). The third-order valence-electron chi connectivity index (χ3n) is 3.88. The van der Waals surface area contributed by atoms with Crippen LogP contribution in [0.1, 0.15) is 57.1 Å². The van der Waals surface area contributed by atoms with Crippen LogP contribution in [0.5, 0.6) is 0 Å². The molecule has 1 heterocycles. The topological polar surface area (TPSA) is 24.9 Å². The highest BCUT2D eigenvalue weighted by Crippen LogP contribution is 2.39. The van der Waals surface area contributed by atoms with Crippen LogP contribution in [0.2, 0.25) is 0 Å². The standard InChI is InChI=1S/C16H26N2/c1-12-8-14(10-17-9-12)15-7-5-6-13(15)11-18-16(2,3)4/h8-10,13,15,18H,5-7,11H2,1-4H3. The Hall–Kier alpha value is -0.890. The molecule has 0 aromatic carbocycles. The molecule has 0 aliphatic heterocycles. The van der Waals surface area contributed by atoms with E-state index in [9.17, 15) is 0 Å². The Bertz CT molecular complexity index is 392. The van der Waals surface area contributed by atoms with E-state index in [2.05, 4.69) is 50.3 Å². The van der Waals surface area contributed by atoms with Gasteiger partial charge in [0, 0.05) is 17.9 Å². The molecule has 2 atom stereocenters. The van der Waals surface area contributed by atoms with Gasteiger partial charge in [-0.05, 0) is 70.0 Å². The third-order valence-corrected chi connectivity index (χ3v) is 3.88. The first-order valence-corrected chi connectivity index (χ1v) is 7.12. The lowest BCUT2D eigenvalue weighted by Crippen LogP contribution is -2.39. The molecule has 100 valence electrons. The molecule has 1 aromatic rings. The highest BCUT2D eigenvalue weighted by Gasteiger charge is 2.29. The van der Waals surface area contributed by atoms with Crippen molar-refractivity contribution in [3.05, 3.63) is 29.6 Å². The van der Waals surface area contributed by atoms with E-state index in [0.717, 1.165) is 12.5 Å². The van der Waals surface area contributed by atoms with Gasteiger partial charge in [-0.15, -0.1) is 0 Å². The van der Waals surface area contributed by atoms with Gasteiger partial charge < -0.3 is 5.32 Å². The van der Waals surface area contributed by atoms with E-state index in [1.165, 1.54) is 30.4 Å². The van der Waals surface area contributed by atoms with E-state index < -0.39 is 0 Å². The molecule has 1 aliphatic rings. The maximum absolute atomic E-state index is 4.35. The van der Waals surface area contributed by atoms with Crippen LogP contribution >= 0.6 is 0 Å². The van der Waals surface area contributed by atoms with Crippen molar-refractivity contribution in [1.82, 2.24) is 10.3 Å². The summed E-state index contributed by atoms with van der Waals surface area (Å²) in [6.45, 7) is 9.98. The molecule has 0 saturated heterocycles. The lowest BCUT2D eigenvalue weighted by molar-refractivity contribution is 0.356. The van der Waals surface area contributed by atoms with Crippen LogP contribution in [-0.4, -0.2) is 17.1 Å². The van der Waals surface area contributed by atoms with Crippen LogP contribution < -0.4 is 5.32 Å². The molecule has 1 saturated carbocycles. The summed E-state index contributed by atoms with van der Waals surface area (Å²) in [6.07, 6.45) is 8.03. The summed E-state index contributed by atoms with van der Waals surface area (Å²) in [4.78, 5) is 4.35. The zero-order valence-corrected chi connectivity index (χ0v) is 12.2. The first-order valence-electron chi connectivity index (χ1n) is 7.12. The summed E-state index contributed by atoms with van der Waals surface area (Å²) in [5.41, 5.74) is 2.94. The quantitative estimate of drug-likeness (QED) is 0.880. The lowest BCUT2D eigenvalue weighted by atomic mass is 9.89. The van der Waals surface area contributed by atoms with Gasteiger partial charge in [0.1, 0.15) is 0 Å². The van der Waals surface area contributed by atoms with Gasteiger partial charge in [0.2, 0.25) is 0 Å². The van der Waals surface area contributed by atoms with Crippen molar-refractivity contribution in [2.75, 3.05) is 6.54 Å². The second kappa shape index (κ2) is 5.40. The Morgan fingerprint density at radius 1 is 1.28 bits per heavy atom. The normalized spacial score (nSPS) is 24.4. The maximum Gasteiger partial charge on any atom is 0.0303 e. The zero-order valence-electron chi connectivity index (χ0n) is 12.2. The molecule has 1 aliphatic carbocycles. The van der Waals surface area contributed by atoms with Gasteiger partial charge in [0.15, 0.2) is 0 Å². The summed E-state index contributed by atoms with van der Waals surface area (Å²) in [5, 5.41) is 3.66. The summed E-state index contributed by atoms with van der Waals surface area (Å²) in [5.74, 6) is 1.47. The molecular weight excluding hydrogens is 220 g/mol. The van der Waals surface area contributed by atoms with Crippen molar-refractivity contribution in [3.8, 4) is 0 Å². The molecule has 0 amide bonds. The van der Waals surface area contributed by atoms with E-state index >= 15 is 0 Å². The molecule has 2 heteroatoms. The fourth-order valence-electron chi connectivity index (χ4n) is 2.94. The fraction of sp³-hybridized carbons (Fsp3) is 0.688. The first kappa shape index (κ1) is 13.5. The second-order valence-corrected chi connectivity index (χ2v) is 6.72. The van der Waals surface area contributed by atoms with Crippen molar-refractivity contribution in [3.63, 3.8) is 0 Å². The molecule has 1 fully saturated rings. The van der Waals surface area contributed by atoms with Gasteiger partial charge in [0.25, 0.3) is 0 Å². The predicted molar refractivity (Wildman–Crippen MR) is 76.8 cm³/mol. The van der Waals surface area contributed by atoms with Crippen molar-refractivity contribution >= 4 is 0 Å².